The molecule has 1 aromatic heterocycles. The summed E-state index contributed by atoms with van der Waals surface area (Å²) in [5.41, 5.74) is 6.24. The third kappa shape index (κ3) is 3.10. The molecule has 86 valence electrons. The Morgan fingerprint density at radius 1 is 1.33 bits per heavy atom. The van der Waals surface area contributed by atoms with Gasteiger partial charge in [0.25, 0.3) is 0 Å². The Morgan fingerprint density at radius 3 is 2.53 bits per heavy atom. The first-order valence-electron chi connectivity index (χ1n) is 5.27. The molecule has 0 unspecified atom stereocenters. The SMILES string of the molecule is Cl.N[C@H](c1sccc1Cl)C1CCCCC1. The van der Waals surface area contributed by atoms with E-state index in [0.717, 1.165) is 5.02 Å². The summed E-state index contributed by atoms with van der Waals surface area (Å²) in [6, 6.07) is 2.12. The van der Waals surface area contributed by atoms with Crippen LogP contribution < -0.4 is 5.73 Å². The van der Waals surface area contributed by atoms with E-state index in [0.29, 0.717) is 5.92 Å². The number of thiophene rings is 1. The second kappa shape index (κ2) is 6.09. The lowest BCUT2D eigenvalue weighted by molar-refractivity contribution is 0.311. The summed E-state index contributed by atoms with van der Waals surface area (Å²) in [7, 11) is 0. The molecule has 2 N–H and O–H groups in total. The highest BCUT2D eigenvalue weighted by Gasteiger charge is 2.23. The maximum absolute atomic E-state index is 6.24. The fraction of sp³-hybridized carbons (Fsp3) is 0.636. The van der Waals surface area contributed by atoms with E-state index in [1.165, 1.54) is 37.0 Å². The van der Waals surface area contributed by atoms with Crippen LogP contribution in [0.15, 0.2) is 11.4 Å². The lowest BCUT2D eigenvalue weighted by Gasteiger charge is -2.26. The summed E-state index contributed by atoms with van der Waals surface area (Å²) in [5, 5.41) is 2.88. The van der Waals surface area contributed by atoms with Crippen molar-refractivity contribution in [3.05, 3.63) is 21.3 Å². The predicted octanol–water partition coefficient (Wildman–Crippen LogP) is 4.40. The van der Waals surface area contributed by atoms with E-state index in [1.54, 1.807) is 11.3 Å². The lowest BCUT2D eigenvalue weighted by Crippen LogP contribution is -2.22. The molecule has 1 heterocycles. The van der Waals surface area contributed by atoms with E-state index in [4.69, 9.17) is 17.3 Å². The van der Waals surface area contributed by atoms with Crippen LogP contribution in [0.3, 0.4) is 0 Å². The average Bonchev–Trinajstić information content (AvgIpc) is 2.65. The summed E-state index contributed by atoms with van der Waals surface area (Å²) in [5.74, 6) is 0.653. The van der Waals surface area contributed by atoms with Crippen LogP contribution >= 0.6 is 35.3 Å². The minimum absolute atomic E-state index is 0. The molecule has 1 nitrogen and oxygen atoms in total. The van der Waals surface area contributed by atoms with Gasteiger partial charge in [-0.15, -0.1) is 23.7 Å². The van der Waals surface area contributed by atoms with Gasteiger partial charge in [-0.2, -0.15) is 0 Å². The van der Waals surface area contributed by atoms with Crippen LogP contribution in [0.5, 0.6) is 0 Å². The summed E-state index contributed by atoms with van der Waals surface area (Å²) < 4.78 is 0. The molecule has 15 heavy (non-hydrogen) atoms. The Morgan fingerprint density at radius 2 is 2.00 bits per heavy atom. The number of rotatable bonds is 2. The zero-order chi connectivity index (χ0) is 9.97. The molecule has 1 atom stereocenters. The number of halogens is 2. The Labute approximate surface area is 106 Å². The molecule has 0 radical (unpaired) electrons. The monoisotopic (exact) mass is 265 g/mol. The van der Waals surface area contributed by atoms with Crippen LogP contribution in [0.4, 0.5) is 0 Å². The highest BCUT2D eigenvalue weighted by molar-refractivity contribution is 7.10. The van der Waals surface area contributed by atoms with Gasteiger partial charge in [-0.05, 0) is 30.2 Å². The van der Waals surface area contributed by atoms with Gasteiger partial charge in [0, 0.05) is 10.9 Å². The highest BCUT2D eigenvalue weighted by Crippen LogP contribution is 2.37. The third-order valence-electron chi connectivity index (χ3n) is 3.11. The molecule has 1 aromatic rings. The molecule has 0 bridgehead atoms. The molecule has 1 aliphatic carbocycles. The summed E-state index contributed by atoms with van der Waals surface area (Å²) in [6.07, 6.45) is 6.59. The van der Waals surface area contributed by atoms with Gasteiger partial charge in [0.15, 0.2) is 0 Å². The summed E-state index contributed by atoms with van der Waals surface area (Å²) in [6.45, 7) is 0. The van der Waals surface area contributed by atoms with E-state index in [9.17, 15) is 0 Å². The molecule has 1 saturated carbocycles. The van der Waals surface area contributed by atoms with Crippen molar-refractivity contribution in [2.24, 2.45) is 11.7 Å². The van der Waals surface area contributed by atoms with E-state index < -0.39 is 0 Å². The minimum Gasteiger partial charge on any atom is -0.323 e. The van der Waals surface area contributed by atoms with Gasteiger partial charge >= 0.3 is 0 Å². The number of hydrogen-bond acceptors (Lipinski definition) is 2. The van der Waals surface area contributed by atoms with Gasteiger partial charge in [-0.25, -0.2) is 0 Å². The van der Waals surface area contributed by atoms with E-state index in [2.05, 4.69) is 0 Å². The maximum Gasteiger partial charge on any atom is 0.0561 e. The van der Waals surface area contributed by atoms with Crippen LogP contribution in [0, 0.1) is 5.92 Å². The Balaban J connectivity index is 0.00000112. The molecular weight excluding hydrogens is 249 g/mol. The molecule has 0 amide bonds. The van der Waals surface area contributed by atoms with Crippen LogP contribution in [-0.2, 0) is 0 Å². The molecular formula is C11H17Cl2NS. The van der Waals surface area contributed by atoms with Gasteiger partial charge in [0.2, 0.25) is 0 Å². The fourth-order valence-corrected chi connectivity index (χ4v) is 3.53. The first kappa shape index (κ1) is 13.3. The molecule has 0 saturated heterocycles. The van der Waals surface area contributed by atoms with Crippen molar-refractivity contribution < 1.29 is 0 Å². The van der Waals surface area contributed by atoms with Crippen molar-refractivity contribution in [2.75, 3.05) is 0 Å². The zero-order valence-corrected chi connectivity index (χ0v) is 11.0. The van der Waals surface area contributed by atoms with Gasteiger partial charge < -0.3 is 5.73 Å². The average molecular weight is 266 g/mol. The fourth-order valence-electron chi connectivity index (χ4n) is 2.25. The molecule has 0 aliphatic heterocycles. The van der Waals surface area contributed by atoms with Crippen molar-refractivity contribution in [1.82, 2.24) is 0 Å². The predicted molar refractivity (Wildman–Crippen MR) is 70.1 cm³/mol. The second-order valence-corrected chi connectivity index (χ2v) is 5.41. The Kier molecular flexibility index (Phi) is 5.41. The summed E-state index contributed by atoms with van der Waals surface area (Å²) >= 11 is 7.78. The Bertz CT molecular complexity index is 295. The maximum atomic E-state index is 6.24. The van der Waals surface area contributed by atoms with Crippen LogP contribution in [0.25, 0.3) is 0 Å². The minimum atomic E-state index is 0. The second-order valence-electron chi connectivity index (χ2n) is 4.06. The van der Waals surface area contributed by atoms with Gasteiger partial charge in [0.05, 0.1) is 5.02 Å². The smallest absolute Gasteiger partial charge is 0.0561 e. The van der Waals surface area contributed by atoms with Gasteiger partial charge in [0.1, 0.15) is 0 Å². The van der Waals surface area contributed by atoms with Crippen molar-refractivity contribution in [3.63, 3.8) is 0 Å². The molecule has 2 rings (SSSR count). The van der Waals surface area contributed by atoms with E-state index in [-0.39, 0.29) is 18.4 Å². The van der Waals surface area contributed by atoms with Crippen LogP contribution in [-0.4, -0.2) is 0 Å². The highest BCUT2D eigenvalue weighted by atomic mass is 35.5. The van der Waals surface area contributed by atoms with Gasteiger partial charge in [-0.1, -0.05) is 30.9 Å². The number of nitrogens with two attached hydrogens (primary N) is 1. The molecule has 1 fully saturated rings. The van der Waals surface area contributed by atoms with E-state index >= 15 is 0 Å². The Hall–Kier alpha value is 0.240. The number of hydrogen-bond donors (Lipinski definition) is 1. The molecule has 0 aromatic carbocycles. The van der Waals surface area contributed by atoms with E-state index in [1.807, 2.05) is 11.4 Å². The first-order valence-corrected chi connectivity index (χ1v) is 6.53. The largest absolute Gasteiger partial charge is 0.323 e. The van der Waals surface area contributed by atoms with Crippen LogP contribution in [0.2, 0.25) is 5.02 Å². The zero-order valence-electron chi connectivity index (χ0n) is 8.62. The topological polar surface area (TPSA) is 26.0 Å². The van der Waals surface area contributed by atoms with Crippen molar-refractivity contribution in [2.45, 2.75) is 38.1 Å². The molecule has 4 heteroatoms. The van der Waals surface area contributed by atoms with Crippen molar-refractivity contribution in [3.8, 4) is 0 Å². The first-order chi connectivity index (χ1) is 6.79. The van der Waals surface area contributed by atoms with Gasteiger partial charge in [-0.3, -0.25) is 0 Å². The molecule has 1 aliphatic rings. The molecule has 0 spiro atoms. The van der Waals surface area contributed by atoms with Crippen molar-refractivity contribution >= 4 is 35.3 Å². The van der Waals surface area contributed by atoms with Crippen LogP contribution in [0.1, 0.15) is 43.0 Å². The van der Waals surface area contributed by atoms with Crippen molar-refractivity contribution in [1.29, 1.82) is 0 Å². The summed E-state index contributed by atoms with van der Waals surface area (Å²) in [4.78, 5) is 1.18. The quantitative estimate of drug-likeness (QED) is 0.843. The lowest BCUT2D eigenvalue weighted by atomic mass is 9.84. The third-order valence-corrected chi connectivity index (χ3v) is 4.57. The standard InChI is InChI=1S/C11H16ClNS.ClH/c12-9-6-7-14-11(9)10(13)8-4-2-1-3-5-8;/h6-8,10H,1-5,13H2;1H/t10-;/m0./s1. The normalized spacial score (nSPS) is 19.6.